The van der Waals surface area contributed by atoms with Gasteiger partial charge < -0.3 is 5.11 Å². The Bertz CT molecular complexity index is 993. The molecule has 4 nitrogen and oxygen atoms in total. The molecule has 5 heteroatoms. The molecule has 36 heavy (non-hydrogen) atoms. The van der Waals surface area contributed by atoms with Crippen LogP contribution >= 0.6 is 0 Å². The van der Waals surface area contributed by atoms with Crippen LogP contribution in [0.25, 0.3) is 0 Å². The third-order valence-electron chi connectivity index (χ3n) is 11.4. The van der Waals surface area contributed by atoms with Gasteiger partial charge in [-0.3, -0.25) is 14.4 Å². The maximum atomic E-state index is 12.1. The van der Waals surface area contributed by atoms with Crippen LogP contribution in [-0.4, -0.2) is 28.6 Å². The number of hydrogen-bond donors (Lipinski definition) is 1. The summed E-state index contributed by atoms with van der Waals surface area (Å²) in [7, 11) is 0. The van der Waals surface area contributed by atoms with E-state index in [1.54, 1.807) is 0 Å². The second-order valence-electron chi connectivity index (χ2n) is 12.6. The van der Waals surface area contributed by atoms with E-state index in [0.29, 0.717) is 47.4 Å². The van der Waals surface area contributed by atoms with E-state index >= 15 is 0 Å². The third-order valence-corrected chi connectivity index (χ3v) is 11.4. The molecule has 199 valence electrons. The molecule has 6 rings (SSSR count). The van der Waals surface area contributed by atoms with Gasteiger partial charge >= 0.3 is 0 Å². The van der Waals surface area contributed by atoms with Crippen molar-refractivity contribution >= 4 is 17.3 Å². The molecular formula is C31H46O4V. The van der Waals surface area contributed by atoms with Gasteiger partial charge in [-0.25, -0.2) is 0 Å². The van der Waals surface area contributed by atoms with Crippen LogP contribution in [0.1, 0.15) is 112 Å². The molecule has 0 bridgehead atoms. The number of aliphatic hydroxyl groups excluding tert-OH is 1. The Balaban J connectivity index is 0.000000190. The number of Topliss-reactive ketones (excluding diaryl/α,β-unsaturated/α-hetero) is 3. The van der Waals surface area contributed by atoms with Crippen molar-refractivity contribution < 1.29 is 38.0 Å². The van der Waals surface area contributed by atoms with Gasteiger partial charge in [-0.2, -0.15) is 0 Å². The zero-order chi connectivity index (χ0) is 24.4. The predicted octanol–water partition coefficient (Wildman–Crippen LogP) is 6.55. The molecule has 0 amide bonds. The first-order valence-electron chi connectivity index (χ1n) is 13.7. The standard InChI is InChI=1S/C15H22O2.C15H20O2.CH4.V/c2*1-9-10-7-8-15(2)12(4-6-14(15)17)11(10)3-5-13(9)16;;/h11-12,14,17H,3-8H2,1-2H3;11-12H,3-8H2,1-2H3;1H4;/t11-,12?,14+,15+;11-,12?,15+;;/m11../s1. The van der Waals surface area contributed by atoms with Gasteiger partial charge in [0.05, 0.1) is 6.10 Å². The zero-order valence-electron chi connectivity index (χ0n) is 22.0. The van der Waals surface area contributed by atoms with Gasteiger partial charge in [0, 0.05) is 43.2 Å². The van der Waals surface area contributed by atoms with Gasteiger partial charge in [-0.1, -0.05) is 32.4 Å². The van der Waals surface area contributed by atoms with Crippen molar-refractivity contribution in [3.8, 4) is 0 Å². The molecular weight excluding hydrogens is 487 g/mol. The van der Waals surface area contributed by atoms with E-state index in [2.05, 4.69) is 13.8 Å². The second-order valence-corrected chi connectivity index (χ2v) is 12.6. The Hall–Kier alpha value is -0.966. The van der Waals surface area contributed by atoms with Crippen molar-refractivity contribution in [3.63, 3.8) is 0 Å². The van der Waals surface area contributed by atoms with Gasteiger partial charge in [0.15, 0.2) is 11.6 Å². The maximum absolute atomic E-state index is 12.1. The summed E-state index contributed by atoms with van der Waals surface area (Å²) >= 11 is 0. The number of carbonyl (C=O) groups is 3. The summed E-state index contributed by atoms with van der Waals surface area (Å²) in [5.41, 5.74) is 4.92. The number of fused-ring (bicyclic) bond motifs is 6. The van der Waals surface area contributed by atoms with E-state index in [0.717, 1.165) is 81.8 Å². The number of allylic oxidation sites excluding steroid dienone is 4. The molecule has 1 N–H and O–H groups in total. The predicted molar refractivity (Wildman–Crippen MR) is 139 cm³/mol. The van der Waals surface area contributed by atoms with Crippen LogP contribution in [0, 0.1) is 34.5 Å². The monoisotopic (exact) mass is 533 g/mol. The minimum absolute atomic E-state index is 0. The fraction of sp³-hybridized carbons (Fsp3) is 0.774. The quantitative estimate of drug-likeness (QED) is 0.383. The molecule has 6 aliphatic carbocycles. The van der Waals surface area contributed by atoms with Gasteiger partial charge in [0.2, 0.25) is 0 Å². The maximum Gasteiger partial charge on any atom is 0.158 e. The SMILES string of the molecule is C.CC1=C2CC[C@@]3(C)C(CC[C@@H]3O)[C@@H]2CCC1=O.CC1=C2CC[C@]3(C)C(=O)CCC3[C@@H]2CCC1=O.[V]. The molecule has 0 aromatic carbocycles. The smallest absolute Gasteiger partial charge is 0.158 e. The summed E-state index contributed by atoms with van der Waals surface area (Å²) < 4.78 is 0. The molecule has 6 aliphatic rings. The van der Waals surface area contributed by atoms with Crippen LogP contribution in [0.3, 0.4) is 0 Å². The number of hydrogen-bond acceptors (Lipinski definition) is 4. The molecule has 0 aliphatic heterocycles. The largest absolute Gasteiger partial charge is 0.393 e. The minimum atomic E-state index is -0.119. The van der Waals surface area contributed by atoms with Crippen LogP contribution in [-0.2, 0) is 32.9 Å². The first kappa shape index (κ1) is 29.6. The van der Waals surface area contributed by atoms with Gasteiger partial charge in [-0.05, 0) is 112 Å². The summed E-state index contributed by atoms with van der Waals surface area (Å²) in [4.78, 5) is 35.6. The molecule has 0 spiro atoms. The number of ketones is 3. The van der Waals surface area contributed by atoms with Gasteiger partial charge in [-0.15, -0.1) is 0 Å². The van der Waals surface area contributed by atoms with E-state index in [1.807, 2.05) is 13.8 Å². The van der Waals surface area contributed by atoms with E-state index in [1.165, 1.54) is 11.1 Å². The van der Waals surface area contributed by atoms with E-state index in [9.17, 15) is 19.5 Å². The Kier molecular flexibility index (Phi) is 8.76. The first-order valence-corrected chi connectivity index (χ1v) is 13.7. The summed E-state index contributed by atoms with van der Waals surface area (Å²) in [6.45, 7) is 8.43. The molecule has 4 saturated carbocycles. The van der Waals surface area contributed by atoms with Gasteiger partial charge in [0.1, 0.15) is 5.78 Å². The van der Waals surface area contributed by atoms with Crippen molar-refractivity contribution in [1.82, 2.24) is 0 Å². The second kappa shape index (κ2) is 10.7. The molecule has 0 saturated heterocycles. The summed E-state index contributed by atoms with van der Waals surface area (Å²) in [5.74, 6) is 3.41. The fourth-order valence-electron chi connectivity index (χ4n) is 8.97. The molecule has 0 aromatic heterocycles. The van der Waals surface area contributed by atoms with E-state index in [4.69, 9.17) is 0 Å². The van der Waals surface area contributed by atoms with Gasteiger partial charge in [0.25, 0.3) is 0 Å². The van der Waals surface area contributed by atoms with Crippen LogP contribution in [0.15, 0.2) is 22.3 Å². The van der Waals surface area contributed by atoms with Crippen LogP contribution in [0.4, 0.5) is 0 Å². The normalized spacial score (nSPS) is 41.2. The average molecular weight is 534 g/mol. The van der Waals surface area contributed by atoms with E-state index in [-0.39, 0.29) is 42.9 Å². The third kappa shape index (κ3) is 4.48. The fourth-order valence-corrected chi connectivity index (χ4v) is 8.97. The molecule has 7 atom stereocenters. The Morgan fingerprint density at radius 2 is 1.22 bits per heavy atom. The number of carbonyl (C=O) groups excluding carboxylic acids is 3. The molecule has 4 fully saturated rings. The Morgan fingerprint density at radius 3 is 1.81 bits per heavy atom. The minimum Gasteiger partial charge on any atom is -0.393 e. The van der Waals surface area contributed by atoms with E-state index < -0.39 is 0 Å². The summed E-state index contributed by atoms with van der Waals surface area (Å²) in [6, 6.07) is 0. The van der Waals surface area contributed by atoms with Crippen molar-refractivity contribution in [2.75, 3.05) is 0 Å². The van der Waals surface area contributed by atoms with Crippen molar-refractivity contribution in [3.05, 3.63) is 22.3 Å². The summed E-state index contributed by atoms with van der Waals surface area (Å²) in [5, 5.41) is 10.2. The average Bonchev–Trinajstić information content (AvgIpc) is 3.29. The van der Waals surface area contributed by atoms with Crippen molar-refractivity contribution in [1.29, 1.82) is 0 Å². The first-order chi connectivity index (χ1) is 16.1. The Morgan fingerprint density at radius 1 is 0.694 bits per heavy atom. The Labute approximate surface area is 230 Å². The van der Waals surface area contributed by atoms with Crippen LogP contribution in [0.2, 0.25) is 0 Å². The summed E-state index contributed by atoms with van der Waals surface area (Å²) in [6.07, 6.45) is 11.3. The van der Waals surface area contributed by atoms with Crippen molar-refractivity contribution in [2.24, 2.45) is 34.5 Å². The topological polar surface area (TPSA) is 71.4 Å². The van der Waals surface area contributed by atoms with Crippen LogP contribution < -0.4 is 0 Å². The van der Waals surface area contributed by atoms with Crippen molar-refractivity contribution in [2.45, 2.75) is 118 Å². The molecule has 1 radical (unpaired) electrons. The number of aliphatic hydroxyl groups is 1. The molecule has 0 aromatic rings. The number of rotatable bonds is 0. The van der Waals surface area contributed by atoms with Crippen LogP contribution in [0.5, 0.6) is 0 Å². The molecule has 0 heterocycles. The zero-order valence-corrected chi connectivity index (χ0v) is 23.4. The molecule has 2 unspecified atom stereocenters.